The van der Waals surface area contributed by atoms with E-state index in [2.05, 4.69) is 0 Å². The van der Waals surface area contributed by atoms with Gasteiger partial charge in [-0.3, -0.25) is 9.59 Å². The van der Waals surface area contributed by atoms with Crippen LogP contribution in [0.1, 0.15) is 32.6 Å². The molecule has 3 atom stereocenters. The Morgan fingerprint density at radius 3 is 2.67 bits per heavy atom. The predicted molar refractivity (Wildman–Crippen MR) is 83.5 cm³/mol. The number of hydrogen-bond acceptors (Lipinski definition) is 6. The molecule has 0 bridgehead atoms. The van der Waals surface area contributed by atoms with Crippen molar-refractivity contribution in [2.45, 2.75) is 38.7 Å². The molecule has 1 heterocycles. The maximum absolute atomic E-state index is 12.3. The average Bonchev–Trinajstić information content (AvgIpc) is 2.92. The number of nitrogens with zero attached hydrogens (tertiary/aromatic N) is 1. The van der Waals surface area contributed by atoms with Gasteiger partial charge in [0.2, 0.25) is 5.91 Å². The Morgan fingerprint density at radius 1 is 1.38 bits per heavy atom. The van der Waals surface area contributed by atoms with Gasteiger partial charge in [-0.25, -0.2) is 4.79 Å². The van der Waals surface area contributed by atoms with E-state index in [9.17, 15) is 24.6 Å². The summed E-state index contributed by atoms with van der Waals surface area (Å²) in [6.45, 7) is 1.66. The third-order valence-corrected chi connectivity index (χ3v) is 4.52. The van der Waals surface area contributed by atoms with Crippen LogP contribution in [0, 0.1) is 11.8 Å². The van der Waals surface area contributed by atoms with Gasteiger partial charge in [0, 0.05) is 18.4 Å². The van der Waals surface area contributed by atoms with E-state index in [0.29, 0.717) is 18.5 Å². The minimum absolute atomic E-state index is 0.0147. The first-order valence-corrected chi connectivity index (χ1v) is 8.16. The molecule has 0 spiro atoms. The van der Waals surface area contributed by atoms with Crippen LogP contribution in [0.4, 0.5) is 0 Å². The Labute approximate surface area is 140 Å². The predicted octanol–water partition coefficient (Wildman–Crippen LogP) is -0.144. The van der Waals surface area contributed by atoms with Crippen LogP contribution in [-0.4, -0.2) is 58.8 Å². The number of aliphatic carboxylic acids is 1. The largest absolute Gasteiger partial charge is 0.477 e. The van der Waals surface area contributed by atoms with Gasteiger partial charge < -0.3 is 25.6 Å². The van der Waals surface area contributed by atoms with Crippen molar-refractivity contribution < 1.29 is 29.3 Å². The van der Waals surface area contributed by atoms with Gasteiger partial charge in [0.1, 0.15) is 5.70 Å². The van der Waals surface area contributed by atoms with E-state index >= 15 is 0 Å². The number of rotatable bonds is 6. The second-order valence-electron chi connectivity index (χ2n) is 6.38. The molecular weight excluding hydrogens is 316 g/mol. The molecule has 2 unspecified atom stereocenters. The molecule has 0 aromatic carbocycles. The molecule has 8 heteroatoms. The second kappa shape index (κ2) is 7.76. The average molecular weight is 340 g/mol. The Balaban J connectivity index is 2.26. The molecule has 1 aliphatic carbocycles. The van der Waals surface area contributed by atoms with Gasteiger partial charge in [-0.05, 0) is 25.3 Å². The van der Waals surface area contributed by atoms with Crippen molar-refractivity contribution in [3.8, 4) is 0 Å². The van der Waals surface area contributed by atoms with Crippen molar-refractivity contribution in [2.24, 2.45) is 17.6 Å². The highest BCUT2D eigenvalue weighted by Crippen LogP contribution is 2.43. The summed E-state index contributed by atoms with van der Waals surface area (Å²) in [5.74, 6) is -2.35. The summed E-state index contributed by atoms with van der Waals surface area (Å²) >= 11 is 0. The van der Waals surface area contributed by atoms with Crippen LogP contribution in [0.5, 0.6) is 0 Å². The SMILES string of the molecule is CC(O)CC(=O)N1CC2CCC[C@H](COC(=O)CN)C2=C1C(=O)O. The van der Waals surface area contributed by atoms with Crippen LogP contribution in [0.2, 0.25) is 0 Å². The molecule has 0 saturated heterocycles. The zero-order valence-electron chi connectivity index (χ0n) is 13.7. The summed E-state index contributed by atoms with van der Waals surface area (Å²) in [5.41, 5.74) is 5.88. The van der Waals surface area contributed by atoms with Gasteiger partial charge in [-0.15, -0.1) is 0 Å². The monoisotopic (exact) mass is 340 g/mol. The minimum atomic E-state index is -1.16. The summed E-state index contributed by atoms with van der Waals surface area (Å²) in [4.78, 5) is 36.6. The number of hydrogen-bond donors (Lipinski definition) is 3. The molecule has 0 aromatic heterocycles. The Kier molecular flexibility index (Phi) is 5.95. The number of carbonyl (C=O) groups excluding carboxylic acids is 2. The smallest absolute Gasteiger partial charge is 0.352 e. The lowest BCUT2D eigenvalue weighted by Gasteiger charge is -2.28. The molecule has 4 N–H and O–H groups in total. The van der Waals surface area contributed by atoms with Crippen molar-refractivity contribution in [3.05, 3.63) is 11.3 Å². The van der Waals surface area contributed by atoms with Crippen molar-refractivity contribution >= 4 is 17.8 Å². The molecule has 0 radical (unpaired) electrons. The van der Waals surface area contributed by atoms with Gasteiger partial charge in [0.25, 0.3) is 0 Å². The number of fused-ring (bicyclic) bond motifs is 1. The van der Waals surface area contributed by atoms with Crippen LogP contribution < -0.4 is 5.73 Å². The summed E-state index contributed by atoms with van der Waals surface area (Å²) in [7, 11) is 0. The first-order chi connectivity index (χ1) is 11.3. The van der Waals surface area contributed by atoms with Crippen LogP contribution in [0.25, 0.3) is 0 Å². The summed E-state index contributed by atoms with van der Waals surface area (Å²) < 4.78 is 5.09. The first-order valence-electron chi connectivity index (χ1n) is 8.16. The number of aliphatic hydroxyl groups is 1. The van der Waals surface area contributed by atoms with E-state index in [0.717, 1.165) is 12.8 Å². The van der Waals surface area contributed by atoms with Crippen LogP contribution >= 0.6 is 0 Å². The lowest BCUT2D eigenvalue weighted by atomic mass is 9.78. The summed E-state index contributed by atoms with van der Waals surface area (Å²) in [5, 5.41) is 19.0. The molecule has 2 aliphatic rings. The number of carbonyl (C=O) groups is 3. The van der Waals surface area contributed by atoms with E-state index in [4.69, 9.17) is 10.5 Å². The molecule has 1 aliphatic heterocycles. The number of esters is 1. The Hall–Kier alpha value is -1.93. The van der Waals surface area contributed by atoms with Crippen molar-refractivity contribution in [2.75, 3.05) is 19.7 Å². The van der Waals surface area contributed by atoms with E-state index in [1.807, 2.05) is 0 Å². The van der Waals surface area contributed by atoms with Gasteiger partial charge in [0.05, 0.1) is 25.7 Å². The fourth-order valence-corrected chi connectivity index (χ4v) is 3.55. The molecular formula is C16H24N2O6. The van der Waals surface area contributed by atoms with E-state index in [1.165, 1.54) is 11.8 Å². The lowest BCUT2D eigenvalue weighted by Crippen LogP contribution is -2.34. The number of carboxylic acids is 1. The van der Waals surface area contributed by atoms with E-state index in [1.54, 1.807) is 0 Å². The van der Waals surface area contributed by atoms with Crippen molar-refractivity contribution in [1.82, 2.24) is 4.90 Å². The zero-order valence-corrected chi connectivity index (χ0v) is 13.7. The van der Waals surface area contributed by atoms with Crippen LogP contribution in [0.15, 0.2) is 11.3 Å². The van der Waals surface area contributed by atoms with Gasteiger partial charge in [-0.2, -0.15) is 0 Å². The highest BCUT2D eigenvalue weighted by Gasteiger charge is 2.43. The van der Waals surface area contributed by atoms with E-state index in [-0.39, 0.29) is 37.1 Å². The molecule has 8 nitrogen and oxygen atoms in total. The number of ether oxygens (including phenoxy) is 1. The summed E-state index contributed by atoms with van der Waals surface area (Å²) in [6.07, 6.45) is 1.43. The van der Waals surface area contributed by atoms with Gasteiger partial charge in [0.15, 0.2) is 0 Å². The molecule has 134 valence electrons. The lowest BCUT2D eigenvalue weighted by molar-refractivity contribution is -0.143. The maximum atomic E-state index is 12.3. The fourth-order valence-electron chi connectivity index (χ4n) is 3.55. The molecule has 24 heavy (non-hydrogen) atoms. The molecule has 0 aromatic rings. The normalized spacial score (nSPS) is 24.5. The quantitative estimate of drug-likeness (QED) is 0.573. The highest BCUT2D eigenvalue weighted by molar-refractivity contribution is 5.94. The number of nitrogens with two attached hydrogens (primary N) is 1. The molecule has 1 saturated carbocycles. The number of amides is 1. The molecule has 2 rings (SSSR count). The molecule has 1 amide bonds. The summed E-state index contributed by atoms with van der Waals surface area (Å²) in [6, 6.07) is 0. The molecule has 1 fully saturated rings. The van der Waals surface area contributed by atoms with Crippen molar-refractivity contribution in [1.29, 1.82) is 0 Å². The van der Waals surface area contributed by atoms with Crippen LogP contribution in [0.3, 0.4) is 0 Å². The van der Waals surface area contributed by atoms with Crippen LogP contribution in [-0.2, 0) is 19.1 Å². The number of aliphatic hydroxyl groups excluding tert-OH is 1. The van der Waals surface area contributed by atoms with E-state index < -0.39 is 23.9 Å². The Morgan fingerprint density at radius 2 is 2.08 bits per heavy atom. The minimum Gasteiger partial charge on any atom is -0.477 e. The number of carboxylic acid groups (broad SMARTS) is 1. The maximum Gasteiger partial charge on any atom is 0.352 e. The standard InChI is InChI=1S/C16H24N2O6/c1-9(19)5-12(20)18-7-10-3-2-4-11(8-24-13(21)6-17)14(10)15(18)16(22)23/h9-11,19H,2-8,17H2,1H3,(H,22,23)/t9?,10?,11-/m1/s1. The van der Waals surface area contributed by atoms with Crippen molar-refractivity contribution in [3.63, 3.8) is 0 Å². The highest BCUT2D eigenvalue weighted by atomic mass is 16.5. The Bertz CT molecular complexity index is 557. The fraction of sp³-hybridized carbons (Fsp3) is 0.688. The first kappa shape index (κ1) is 18.4. The topological polar surface area (TPSA) is 130 Å². The van der Waals surface area contributed by atoms with Gasteiger partial charge >= 0.3 is 11.9 Å². The third-order valence-electron chi connectivity index (χ3n) is 4.52. The third kappa shape index (κ3) is 3.93. The second-order valence-corrected chi connectivity index (χ2v) is 6.38. The zero-order chi connectivity index (χ0) is 17.9. The van der Waals surface area contributed by atoms with Gasteiger partial charge in [-0.1, -0.05) is 6.42 Å².